The van der Waals surface area contributed by atoms with E-state index in [9.17, 15) is 18.0 Å². The van der Waals surface area contributed by atoms with Gasteiger partial charge in [0.2, 0.25) is 0 Å². The van der Waals surface area contributed by atoms with Gasteiger partial charge in [-0.3, -0.25) is 4.79 Å². The molecule has 1 heterocycles. The van der Waals surface area contributed by atoms with Crippen LogP contribution in [0.25, 0.3) is 17.1 Å². The minimum Gasteiger partial charge on any atom is -0.462 e. The molecule has 3 aromatic rings. The van der Waals surface area contributed by atoms with Gasteiger partial charge in [-0.05, 0) is 42.2 Å². The molecular formula is C23H24F3N3O3. The Labute approximate surface area is 184 Å². The zero-order chi connectivity index (χ0) is 23.5. The van der Waals surface area contributed by atoms with Crippen LogP contribution >= 0.6 is 0 Å². The Hall–Kier alpha value is -3.36. The van der Waals surface area contributed by atoms with E-state index < -0.39 is 6.36 Å². The van der Waals surface area contributed by atoms with Gasteiger partial charge in [-0.15, -0.1) is 18.3 Å². The number of hydrogen-bond acceptors (Lipinski definition) is 5. The molecule has 0 aliphatic carbocycles. The van der Waals surface area contributed by atoms with Crippen LogP contribution in [0.2, 0.25) is 0 Å². The summed E-state index contributed by atoms with van der Waals surface area (Å²) in [6, 6.07) is 12.5. The van der Waals surface area contributed by atoms with Gasteiger partial charge in [0.25, 0.3) is 0 Å². The average molecular weight is 447 g/mol. The number of carbonyl (C=O) groups excluding carboxylic acids is 1. The zero-order valence-electron chi connectivity index (χ0n) is 18.2. The van der Waals surface area contributed by atoms with Gasteiger partial charge in [0, 0.05) is 5.56 Å². The molecule has 0 saturated carbocycles. The van der Waals surface area contributed by atoms with Crippen LogP contribution in [0.1, 0.15) is 33.3 Å². The van der Waals surface area contributed by atoms with Gasteiger partial charge in [-0.1, -0.05) is 45.0 Å². The summed E-state index contributed by atoms with van der Waals surface area (Å²) >= 11 is 0. The Balaban J connectivity index is 1.64. The van der Waals surface area contributed by atoms with Gasteiger partial charge >= 0.3 is 12.3 Å². The topological polar surface area (TPSA) is 66.2 Å². The van der Waals surface area contributed by atoms with Crippen molar-refractivity contribution >= 4 is 5.97 Å². The Bertz CT molecular complexity index is 1050. The van der Waals surface area contributed by atoms with Crippen LogP contribution in [-0.4, -0.2) is 33.2 Å². The van der Waals surface area contributed by atoms with Crippen molar-refractivity contribution in [2.45, 2.75) is 46.6 Å². The lowest BCUT2D eigenvalue weighted by Crippen LogP contribution is -2.29. The fraction of sp³-hybridized carbons (Fsp3) is 0.348. The van der Waals surface area contributed by atoms with Gasteiger partial charge in [0.1, 0.15) is 18.2 Å². The van der Waals surface area contributed by atoms with E-state index in [-0.39, 0.29) is 29.7 Å². The van der Waals surface area contributed by atoms with Crippen LogP contribution in [0.15, 0.2) is 54.9 Å². The molecule has 0 saturated heterocycles. The molecule has 6 nitrogen and oxygen atoms in total. The van der Waals surface area contributed by atoms with Crippen LogP contribution in [0.3, 0.4) is 0 Å². The third kappa shape index (κ3) is 6.32. The van der Waals surface area contributed by atoms with Crippen LogP contribution in [0.4, 0.5) is 13.2 Å². The normalized spacial score (nSPS) is 13.0. The standard InChI is InChI=1S/C23H24F3N3O3/c1-15(22(2,3)4)31-20(30)13-16-5-7-17(8-6-16)21-27-14-29(28-21)18-9-11-19(12-10-18)32-23(24,25)26/h5-12,14-15H,13H2,1-4H3. The molecule has 1 atom stereocenters. The van der Waals surface area contributed by atoms with E-state index in [1.165, 1.54) is 35.3 Å². The molecule has 0 fully saturated rings. The minimum absolute atomic E-state index is 0.129. The number of nitrogens with zero attached hydrogens (tertiary/aromatic N) is 3. The van der Waals surface area contributed by atoms with E-state index in [2.05, 4.69) is 14.8 Å². The number of ether oxygens (including phenoxy) is 2. The molecule has 0 amide bonds. The second-order valence-corrected chi connectivity index (χ2v) is 8.43. The van der Waals surface area contributed by atoms with Gasteiger partial charge in [-0.25, -0.2) is 9.67 Å². The quantitative estimate of drug-likeness (QED) is 0.477. The highest BCUT2D eigenvalue weighted by Crippen LogP contribution is 2.25. The van der Waals surface area contributed by atoms with Crippen molar-refractivity contribution in [1.82, 2.24) is 14.8 Å². The second-order valence-electron chi connectivity index (χ2n) is 8.43. The third-order valence-corrected chi connectivity index (χ3v) is 4.92. The predicted molar refractivity (Wildman–Crippen MR) is 112 cm³/mol. The maximum absolute atomic E-state index is 12.3. The highest BCUT2D eigenvalue weighted by atomic mass is 19.4. The Kier molecular flexibility index (Phi) is 6.57. The first-order chi connectivity index (χ1) is 14.9. The summed E-state index contributed by atoms with van der Waals surface area (Å²) in [6.45, 7) is 7.91. The third-order valence-electron chi connectivity index (χ3n) is 4.92. The van der Waals surface area contributed by atoms with Crippen LogP contribution in [0.5, 0.6) is 5.75 Å². The number of alkyl halides is 3. The molecule has 9 heteroatoms. The molecule has 0 radical (unpaired) electrons. The maximum Gasteiger partial charge on any atom is 0.573 e. The second kappa shape index (κ2) is 9.02. The fourth-order valence-electron chi connectivity index (χ4n) is 2.67. The lowest BCUT2D eigenvalue weighted by atomic mass is 9.90. The Morgan fingerprint density at radius 3 is 2.22 bits per heavy atom. The number of benzene rings is 2. The first-order valence-electron chi connectivity index (χ1n) is 9.97. The molecule has 32 heavy (non-hydrogen) atoms. The summed E-state index contributed by atoms with van der Waals surface area (Å²) in [5.74, 6) is -0.163. The van der Waals surface area contributed by atoms with Crippen molar-refractivity contribution in [3.63, 3.8) is 0 Å². The molecule has 2 aromatic carbocycles. The molecule has 0 bridgehead atoms. The lowest BCUT2D eigenvalue weighted by molar-refractivity contribution is -0.274. The van der Waals surface area contributed by atoms with Crippen molar-refractivity contribution in [3.05, 3.63) is 60.4 Å². The summed E-state index contributed by atoms with van der Waals surface area (Å²) in [4.78, 5) is 16.4. The minimum atomic E-state index is -4.74. The maximum atomic E-state index is 12.3. The lowest BCUT2D eigenvalue weighted by Gasteiger charge is -2.26. The first kappa shape index (κ1) is 23.3. The summed E-state index contributed by atoms with van der Waals surface area (Å²) in [7, 11) is 0. The number of rotatable bonds is 6. The number of esters is 1. The van der Waals surface area contributed by atoms with E-state index in [1.54, 1.807) is 12.1 Å². The highest BCUT2D eigenvalue weighted by molar-refractivity contribution is 5.73. The summed E-state index contributed by atoms with van der Waals surface area (Å²) < 4.78 is 47.6. The number of halogens is 3. The zero-order valence-corrected chi connectivity index (χ0v) is 18.2. The summed E-state index contributed by atoms with van der Waals surface area (Å²) in [6.07, 6.45) is -3.31. The molecular weight excluding hydrogens is 423 g/mol. The largest absolute Gasteiger partial charge is 0.573 e. The van der Waals surface area contributed by atoms with Crippen LogP contribution in [0, 0.1) is 5.41 Å². The number of aromatic nitrogens is 3. The van der Waals surface area contributed by atoms with E-state index in [1.807, 2.05) is 39.8 Å². The smallest absolute Gasteiger partial charge is 0.462 e. The molecule has 1 unspecified atom stereocenters. The van der Waals surface area contributed by atoms with Gasteiger partial charge in [0.15, 0.2) is 5.82 Å². The summed E-state index contributed by atoms with van der Waals surface area (Å²) in [5.41, 5.74) is 1.95. The van der Waals surface area contributed by atoms with E-state index >= 15 is 0 Å². The van der Waals surface area contributed by atoms with Gasteiger partial charge < -0.3 is 9.47 Å². The van der Waals surface area contributed by atoms with Crippen molar-refractivity contribution in [3.8, 4) is 22.8 Å². The molecule has 170 valence electrons. The fourth-order valence-corrected chi connectivity index (χ4v) is 2.67. The number of hydrogen-bond donors (Lipinski definition) is 0. The van der Waals surface area contributed by atoms with E-state index in [0.717, 1.165) is 11.1 Å². The molecule has 0 aliphatic rings. The molecule has 0 spiro atoms. The van der Waals surface area contributed by atoms with E-state index in [4.69, 9.17) is 4.74 Å². The highest BCUT2D eigenvalue weighted by Gasteiger charge is 2.31. The molecule has 3 rings (SSSR count). The predicted octanol–water partition coefficient (Wildman–Crippen LogP) is 5.35. The summed E-state index contributed by atoms with van der Waals surface area (Å²) in [5, 5.41) is 4.36. The van der Waals surface area contributed by atoms with Gasteiger partial charge in [-0.2, -0.15) is 0 Å². The van der Waals surface area contributed by atoms with Crippen LogP contribution < -0.4 is 4.74 Å². The SMILES string of the molecule is CC(OC(=O)Cc1ccc(-c2ncn(-c3ccc(OC(F)(F)F)cc3)n2)cc1)C(C)(C)C. The molecule has 0 aliphatic heterocycles. The Morgan fingerprint density at radius 2 is 1.66 bits per heavy atom. The Morgan fingerprint density at radius 1 is 1.03 bits per heavy atom. The van der Waals surface area contributed by atoms with Crippen molar-refractivity contribution < 1.29 is 27.4 Å². The van der Waals surface area contributed by atoms with Crippen molar-refractivity contribution in [1.29, 1.82) is 0 Å². The average Bonchev–Trinajstić information content (AvgIpc) is 3.17. The molecule has 1 aromatic heterocycles. The number of carbonyl (C=O) groups is 1. The molecule has 0 N–H and O–H groups in total. The first-order valence-corrected chi connectivity index (χ1v) is 9.97. The van der Waals surface area contributed by atoms with Crippen molar-refractivity contribution in [2.24, 2.45) is 5.41 Å². The van der Waals surface area contributed by atoms with Crippen molar-refractivity contribution in [2.75, 3.05) is 0 Å². The van der Waals surface area contributed by atoms with Crippen LogP contribution in [-0.2, 0) is 16.0 Å². The van der Waals surface area contributed by atoms with Gasteiger partial charge in [0.05, 0.1) is 12.1 Å². The van der Waals surface area contributed by atoms with E-state index in [0.29, 0.717) is 11.5 Å². The monoisotopic (exact) mass is 447 g/mol.